The molecule has 12 heavy (non-hydrogen) atoms. The van der Waals surface area contributed by atoms with Crippen LogP contribution in [0.5, 0.6) is 0 Å². The molecule has 1 aliphatic rings. The average molecular weight is 229 g/mol. The molecule has 0 spiro atoms. The van der Waals surface area contributed by atoms with Crippen LogP contribution in [-0.2, 0) is 0 Å². The predicted molar refractivity (Wildman–Crippen MR) is 49.2 cm³/mol. The largest absolute Gasteiger partial charge is 0.349 e. The van der Waals surface area contributed by atoms with E-state index < -0.39 is 0 Å². The van der Waals surface area contributed by atoms with Crippen LogP contribution >= 0.6 is 15.9 Å². The van der Waals surface area contributed by atoms with Gasteiger partial charge >= 0.3 is 0 Å². The summed E-state index contributed by atoms with van der Waals surface area (Å²) in [5.41, 5.74) is 0.737. The van der Waals surface area contributed by atoms with Crippen molar-refractivity contribution < 1.29 is 4.79 Å². The molecular weight excluding hydrogens is 220 g/mol. The Morgan fingerprint density at radius 2 is 2.50 bits per heavy atom. The molecule has 0 saturated heterocycles. The van der Waals surface area contributed by atoms with Crippen molar-refractivity contribution >= 4 is 21.8 Å². The van der Waals surface area contributed by atoms with E-state index in [-0.39, 0.29) is 5.91 Å². The third-order valence-electron chi connectivity index (χ3n) is 2.08. The first-order chi connectivity index (χ1) is 5.68. The number of carbonyl (C=O) groups is 1. The molecule has 2 heterocycles. The van der Waals surface area contributed by atoms with Crippen LogP contribution in [0.2, 0.25) is 0 Å². The minimum Gasteiger partial charge on any atom is -0.349 e. The van der Waals surface area contributed by atoms with E-state index in [9.17, 15) is 4.79 Å². The zero-order chi connectivity index (χ0) is 8.72. The van der Waals surface area contributed by atoms with Gasteiger partial charge in [0.05, 0.1) is 0 Å². The Labute approximate surface area is 78.9 Å². The quantitative estimate of drug-likeness (QED) is 0.719. The fourth-order valence-electron chi connectivity index (χ4n) is 1.42. The van der Waals surface area contributed by atoms with Gasteiger partial charge in [0, 0.05) is 23.3 Å². The van der Waals surface area contributed by atoms with Crippen LogP contribution < -0.4 is 5.32 Å². The summed E-state index contributed by atoms with van der Waals surface area (Å²) in [6.07, 6.45) is 1.94. The van der Waals surface area contributed by atoms with Crippen LogP contribution in [0.25, 0.3) is 0 Å². The molecule has 1 aromatic rings. The fraction of sp³-hybridized carbons (Fsp3) is 0.375. The molecule has 0 fully saturated rings. The van der Waals surface area contributed by atoms with Gasteiger partial charge in [0.1, 0.15) is 5.69 Å². The standard InChI is InChI=1S/C8H9BrN2O/c1-5-3-10-8(12)7-2-6(9)4-11(5)7/h2,4-5H,3H2,1H3,(H,10,12)/t5-/m0/s1. The van der Waals surface area contributed by atoms with Crippen molar-refractivity contribution in [1.82, 2.24) is 9.88 Å². The van der Waals surface area contributed by atoms with Gasteiger partial charge < -0.3 is 9.88 Å². The summed E-state index contributed by atoms with van der Waals surface area (Å²) in [7, 11) is 0. The average Bonchev–Trinajstić information content (AvgIpc) is 2.41. The first-order valence-corrected chi connectivity index (χ1v) is 4.63. The molecule has 0 bridgehead atoms. The second-order valence-corrected chi connectivity index (χ2v) is 3.93. The van der Waals surface area contributed by atoms with Crippen LogP contribution in [0.4, 0.5) is 0 Å². The molecule has 64 valence electrons. The summed E-state index contributed by atoms with van der Waals surface area (Å²) in [4.78, 5) is 11.3. The van der Waals surface area contributed by atoms with Crippen molar-refractivity contribution in [3.8, 4) is 0 Å². The lowest BCUT2D eigenvalue weighted by Crippen LogP contribution is -2.37. The third-order valence-corrected chi connectivity index (χ3v) is 2.51. The SMILES string of the molecule is C[C@H]1CNC(=O)c2cc(Br)cn21. The predicted octanol–water partition coefficient (Wildman–Crippen LogP) is 1.56. The maximum atomic E-state index is 11.3. The smallest absolute Gasteiger partial charge is 0.268 e. The van der Waals surface area contributed by atoms with Gasteiger partial charge in [-0.3, -0.25) is 4.79 Å². The van der Waals surface area contributed by atoms with E-state index in [0.717, 1.165) is 10.2 Å². The number of halogens is 1. The molecule has 1 aliphatic heterocycles. The van der Waals surface area contributed by atoms with Crippen LogP contribution in [0, 0.1) is 0 Å². The first-order valence-electron chi connectivity index (χ1n) is 3.84. The first kappa shape index (κ1) is 7.86. The number of hydrogen-bond acceptors (Lipinski definition) is 1. The van der Waals surface area contributed by atoms with Gasteiger partial charge in [0.15, 0.2) is 0 Å². The Morgan fingerprint density at radius 1 is 1.75 bits per heavy atom. The molecule has 1 amide bonds. The highest BCUT2D eigenvalue weighted by Gasteiger charge is 2.21. The molecule has 1 aromatic heterocycles. The van der Waals surface area contributed by atoms with Gasteiger partial charge in [-0.1, -0.05) is 0 Å². The summed E-state index contributed by atoms with van der Waals surface area (Å²) in [5.74, 6) is 0.0128. The number of rotatable bonds is 0. The van der Waals surface area contributed by atoms with E-state index in [1.54, 1.807) is 0 Å². The second-order valence-electron chi connectivity index (χ2n) is 3.01. The van der Waals surface area contributed by atoms with E-state index >= 15 is 0 Å². The number of amides is 1. The van der Waals surface area contributed by atoms with E-state index in [1.165, 1.54) is 0 Å². The normalized spacial score (nSPS) is 21.8. The van der Waals surface area contributed by atoms with Gasteiger partial charge in [-0.25, -0.2) is 0 Å². The van der Waals surface area contributed by atoms with E-state index in [0.29, 0.717) is 12.6 Å². The maximum Gasteiger partial charge on any atom is 0.268 e. The Morgan fingerprint density at radius 3 is 3.17 bits per heavy atom. The molecule has 3 nitrogen and oxygen atoms in total. The molecule has 1 N–H and O–H groups in total. The lowest BCUT2D eigenvalue weighted by molar-refractivity contribution is 0.0918. The monoisotopic (exact) mass is 228 g/mol. The Hall–Kier alpha value is -0.770. The van der Waals surface area contributed by atoms with Crippen LogP contribution in [0.3, 0.4) is 0 Å². The maximum absolute atomic E-state index is 11.3. The van der Waals surface area contributed by atoms with Gasteiger partial charge in [-0.05, 0) is 28.9 Å². The van der Waals surface area contributed by atoms with Gasteiger partial charge in [0.2, 0.25) is 0 Å². The van der Waals surface area contributed by atoms with Crippen LogP contribution in [0.1, 0.15) is 23.5 Å². The second kappa shape index (κ2) is 2.62. The molecule has 0 unspecified atom stereocenters. The molecule has 0 saturated carbocycles. The van der Waals surface area contributed by atoms with E-state index in [2.05, 4.69) is 28.2 Å². The molecule has 2 rings (SSSR count). The molecular formula is C8H9BrN2O. The lowest BCUT2D eigenvalue weighted by Gasteiger charge is -2.22. The fourth-order valence-corrected chi connectivity index (χ4v) is 1.86. The molecule has 0 radical (unpaired) electrons. The lowest BCUT2D eigenvalue weighted by atomic mass is 10.2. The Kier molecular flexibility index (Phi) is 1.72. The minimum atomic E-state index is 0.0128. The summed E-state index contributed by atoms with van der Waals surface area (Å²) in [6.45, 7) is 2.79. The summed E-state index contributed by atoms with van der Waals surface area (Å²) >= 11 is 3.35. The number of carbonyl (C=O) groups excluding carboxylic acids is 1. The highest BCUT2D eigenvalue weighted by molar-refractivity contribution is 9.10. The van der Waals surface area contributed by atoms with Crippen molar-refractivity contribution in [1.29, 1.82) is 0 Å². The Bertz CT molecular complexity index is 332. The topological polar surface area (TPSA) is 34.0 Å². The summed E-state index contributed by atoms with van der Waals surface area (Å²) in [6, 6.07) is 2.19. The van der Waals surface area contributed by atoms with Crippen molar-refractivity contribution in [3.63, 3.8) is 0 Å². The van der Waals surface area contributed by atoms with Gasteiger partial charge in [-0.15, -0.1) is 0 Å². The third kappa shape index (κ3) is 1.06. The van der Waals surface area contributed by atoms with Crippen molar-refractivity contribution in [2.75, 3.05) is 6.54 Å². The van der Waals surface area contributed by atoms with Crippen molar-refractivity contribution in [3.05, 3.63) is 22.4 Å². The number of nitrogens with one attached hydrogen (secondary N) is 1. The van der Waals surface area contributed by atoms with E-state index in [1.807, 2.05) is 16.8 Å². The molecule has 4 heteroatoms. The van der Waals surface area contributed by atoms with E-state index in [4.69, 9.17) is 0 Å². The highest BCUT2D eigenvalue weighted by Crippen LogP contribution is 2.21. The number of hydrogen-bond donors (Lipinski definition) is 1. The summed E-state index contributed by atoms with van der Waals surface area (Å²) < 4.78 is 2.95. The highest BCUT2D eigenvalue weighted by atomic mass is 79.9. The summed E-state index contributed by atoms with van der Waals surface area (Å²) in [5, 5.41) is 2.82. The van der Waals surface area contributed by atoms with Crippen LogP contribution in [0.15, 0.2) is 16.7 Å². The zero-order valence-corrected chi connectivity index (χ0v) is 8.26. The minimum absolute atomic E-state index is 0.0128. The van der Waals surface area contributed by atoms with Gasteiger partial charge in [0.25, 0.3) is 5.91 Å². The molecule has 0 aromatic carbocycles. The van der Waals surface area contributed by atoms with Crippen molar-refractivity contribution in [2.24, 2.45) is 0 Å². The zero-order valence-electron chi connectivity index (χ0n) is 6.67. The molecule has 0 aliphatic carbocycles. The molecule has 1 atom stereocenters. The number of nitrogens with zero attached hydrogens (tertiary/aromatic N) is 1. The van der Waals surface area contributed by atoms with Gasteiger partial charge in [-0.2, -0.15) is 0 Å². The van der Waals surface area contributed by atoms with Crippen molar-refractivity contribution in [2.45, 2.75) is 13.0 Å². The number of aromatic nitrogens is 1. The Balaban J connectivity index is 2.54. The number of fused-ring (bicyclic) bond motifs is 1. The van der Waals surface area contributed by atoms with Crippen LogP contribution in [-0.4, -0.2) is 17.0 Å².